The van der Waals surface area contributed by atoms with Crippen LogP contribution in [0.1, 0.15) is 32.1 Å². The van der Waals surface area contributed by atoms with Crippen molar-refractivity contribution in [1.82, 2.24) is 15.1 Å². The van der Waals surface area contributed by atoms with Crippen molar-refractivity contribution < 1.29 is 4.79 Å². The van der Waals surface area contributed by atoms with Crippen molar-refractivity contribution >= 4 is 42.5 Å². The lowest BCUT2D eigenvalue weighted by atomic mass is 9.99. The first-order chi connectivity index (χ1) is 9.34. The number of carbonyl (C=O) groups is 1. The Morgan fingerprint density at radius 2 is 1.67 bits per heavy atom. The van der Waals surface area contributed by atoms with Gasteiger partial charge < -0.3 is 9.80 Å². The van der Waals surface area contributed by atoms with Crippen LogP contribution in [-0.4, -0.2) is 65.6 Å². The summed E-state index contributed by atoms with van der Waals surface area (Å²) in [7, 11) is 0. The van der Waals surface area contributed by atoms with Gasteiger partial charge in [0.25, 0.3) is 0 Å². The van der Waals surface area contributed by atoms with E-state index in [1.165, 1.54) is 45.2 Å². The highest BCUT2D eigenvalue weighted by Crippen LogP contribution is 2.22. The van der Waals surface area contributed by atoms with Gasteiger partial charge in [0.15, 0.2) is 0 Å². The Labute approximate surface area is 144 Å². The molecule has 1 atom stereocenters. The third-order valence-corrected chi connectivity index (χ3v) is 5.64. The molecule has 1 N–H and O–H groups in total. The van der Waals surface area contributed by atoms with E-state index in [-0.39, 0.29) is 30.9 Å². The quantitative estimate of drug-likeness (QED) is 0.821. The fraction of sp³-hybridized carbons (Fsp3) is 0.929. The van der Waals surface area contributed by atoms with Crippen molar-refractivity contribution in [3.63, 3.8) is 0 Å². The minimum atomic E-state index is 0. The molecule has 0 bridgehead atoms. The number of hydrogen-bond acceptors (Lipinski definition) is 4. The Morgan fingerprint density at radius 1 is 1.00 bits per heavy atom. The van der Waals surface area contributed by atoms with Crippen LogP contribution in [0.15, 0.2) is 0 Å². The summed E-state index contributed by atoms with van der Waals surface area (Å²) in [6.07, 6.45) is 6.47. The van der Waals surface area contributed by atoms with Crippen LogP contribution in [0, 0.1) is 0 Å². The maximum Gasteiger partial charge on any atom is 0.240 e. The summed E-state index contributed by atoms with van der Waals surface area (Å²) >= 11 is 1.83. The Kier molecular flexibility index (Phi) is 8.72. The highest BCUT2D eigenvalue weighted by Gasteiger charge is 2.31. The van der Waals surface area contributed by atoms with E-state index >= 15 is 0 Å². The molecule has 0 spiro atoms. The van der Waals surface area contributed by atoms with Gasteiger partial charge in [-0.3, -0.25) is 10.1 Å². The Bertz CT molecular complexity index is 315. The summed E-state index contributed by atoms with van der Waals surface area (Å²) < 4.78 is 0. The van der Waals surface area contributed by atoms with Gasteiger partial charge in [-0.05, 0) is 38.8 Å². The Morgan fingerprint density at radius 3 is 2.24 bits per heavy atom. The molecule has 1 amide bonds. The van der Waals surface area contributed by atoms with Crippen LogP contribution < -0.4 is 5.32 Å². The van der Waals surface area contributed by atoms with Crippen LogP contribution in [0.3, 0.4) is 0 Å². The van der Waals surface area contributed by atoms with Gasteiger partial charge in [0.1, 0.15) is 0 Å². The molecule has 4 nitrogen and oxygen atoms in total. The molecule has 3 rings (SSSR count). The molecule has 1 unspecified atom stereocenters. The number of likely N-dealkylation sites (tertiary alicyclic amines) is 2. The lowest BCUT2D eigenvalue weighted by Crippen LogP contribution is -2.52. The highest BCUT2D eigenvalue weighted by atomic mass is 35.5. The molecule has 0 aromatic rings. The van der Waals surface area contributed by atoms with E-state index in [2.05, 4.69) is 15.1 Å². The van der Waals surface area contributed by atoms with E-state index in [0.29, 0.717) is 5.91 Å². The Hall–Kier alpha value is 0.320. The fourth-order valence-electron chi connectivity index (χ4n) is 3.51. The molecule has 3 aliphatic heterocycles. The summed E-state index contributed by atoms with van der Waals surface area (Å²) in [6, 6.07) is 0.812. The zero-order chi connectivity index (χ0) is 13.1. The second kappa shape index (κ2) is 9.46. The molecule has 3 saturated heterocycles. The van der Waals surface area contributed by atoms with Gasteiger partial charge in [-0.25, -0.2) is 0 Å². The number of nitrogens with zero attached hydrogens (tertiary/aromatic N) is 2. The largest absolute Gasteiger partial charge is 0.341 e. The van der Waals surface area contributed by atoms with Gasteiger partial charge in [-0.15, -0.1) is 36.6 Å². The second-order valence-electron chi connectivity index (χ2n) is 5.92. The molecule has 0 radical (unpaired) electrons. The lowest BCUT2D eigenvalue weighted by Gasteiger charge is -2.40. The number of hydrogen-bond donors (Lipinski definition) is 1. The third kappa shape index (κ3) is 4.90. The first kappa shape index (κ1) is 19.4. The van der Waals surface area contributed by atoms with Gasteiger partial charge in [0.05, 0.1) is 6.04 Å². The number of thioether (sulfide) groups is 1. The molecule has 0 aliphatic carbocycles. The van der Waals surface area contributed by atoms with Crippen LogP contribution in [0.5, 0.6) is 0 Å². The monoisotopic (exact) mass is 355 g/mol. The van der Waals surface area contributed by atoms with Gasteiger partial charge in [-0.2, -0.15) is 0 Å². The molecule has 0 saturated carbocycles. The van der Waals surface area contributed by atoms with E-state index in [4.69, 9.17) is 0 Å². The van der Waals surface area contributed by atoms with Crippen molar-refractivity contribution in [2.45, 2.75) is 44.2 Å². The molecule has 0 aromatic heterocycles. The molecule has 7 heteroatoms. The maximum atomic E-state index is 12.3. The lowest BCUT2D eigenvalue weighted by molar-refractivity contribution is -0.134. The van der Waals surface area contributed by atoms with Crippen molar-refractivity contribution in [1.29, 1.82) is 0 Å². The van der Waals surface area contributed by atoms with Crippen molar-refractivity contribution in [3.05, 3.63) is 0 Å². The third-order valence-electron chi connectivity index (χ3n) is 4.70. The van der Waals surface area contributed by atoms with E-state index in [9.17, 15) is 4.79 Å². The first-order valence-electron chi connectivity index (χ1n) is 7.68. The van der Waals surface area contributed by atoms with Crippen LogP contribution in [-0.2, 0) is 4.79 Å². The van der Waals surface area contributed by atoms with Gasteiger partial charge >= 0.3 is 0 Å². The topological polar surface area (TPSA) is 35.6 Å². The number of halogens is 2. The smallest absolute Gasteiger partial charge is 0.240 e. The predicted octanol–water partition coefficient (Wildman–Crippen LogP) is 1.97. The Balaban J connectivity index is 0.00000110. The van der Waals surface area contributed by atoms with Crippen LogP contribution in [0.25, 0.3) is 0 Å². The van der Waals surface area contributed by atoms with E-state index in [1.54, 1.807) is 0 Å². The highest BCUT2D eigenvalue weighted by molar-refractivity contribution is 7.99. The normalized spacial score (nSPS) is 27.8. The number of rotatable bonds is 2. The van der Waals surface area contributed by atoms with Gasteiger partial charge in [-0.1, -0.05) is 6.42 Å². The first-order valence-corrected chi connectivity index (χ1v) is 8.84. The van der Waals surface area contributed by atoms with E-state index in [1.807, 2.05) is 11.8 Å². The van der Waals surface area contributed by atoms with E-state index < -0.39 is 0 Å². The van der Waals surface area contributed by atoms with Crippen molar-refractivity contribution in [2.75, 3.05) is 37.8 Å². The molecule has 0 aromatic carbocycles. The van der Waals surface area contributed by atoms with E-state index in [0.717, 1.165) is 30.8 Å². The average molecular weight is 356 g/mol. The molecule has 3 heterocycles. The minimum Gasteiger partial charge on any atom is -0.341 e. The number of piperidine rings is 2. The zero-order valence-corrected chi connectivity index (χ0v) is 14.9. The maximum absolute atomic E-state index is 12.3. The number of carbonyl (C=O) groups excluding carboxylic acids is 1. The minimum absolute atomic E-state index is 0. The molecule has 3 fully saturated rings. The summed E-state index contributed by atoms with van der Waals surface area (Å²) in [4.78, 5) is 17.1. The summed E-state index contributed by atoms with van der Waals surface area (Å²) in [5, 5.41) is 3.29. The predicted molar refractivity (Wildman–Crippen MR) is 93.8 cm³/mol. The SMILES string of the molecule is Cl.Cl.O=C(C1CSCN1)N1CCC(N2CCCCC2)CC1. The van der Waals surface area contributed by atoms with Crippen molar-refractivity contribution in [3.8, 4) is 0 Å². The molecule has 3 aliphatic rings. The second-order valence-corrected chi connectivity index (χ2v) is 6.96. The fourth-order valence-corrected chi connectivity index (χ4v) is 4.44. The van der Waals surface area contributed by atoms with Crippen LogP contribution in [0.4, 0.5) is 0 Å². The summed E-state index contributed by atoms with van der Waals surface area (Å²) in [6.45, 7) is 4.48. The molecule has 21 heavy (non-hydrogen) atoms. The summed E-state index contributed by atoms with van der Waals surface area (Å²) in [5.41, 5.74) is 0. The van der Waals surface area contributed by atoms with Gasteiger partial charge in [0, 0.05) is 30.8 Å². The van der Waals surface area contributed by atoms with Gasteiger partial charge in [0.2, 0.25) is 5.91 Å². The zero-order valence-electron chi connectivity index (χ0n) is 12.5. The standard InChI is InChI=1S/C14H25N3OS.2ClH/c18-14(13-10-19-11-15-13)17-8-4-12(5-9-17)16-6-2-1-3-7-16;;/h12-13,15H,1-11H2;2*1H. The van der Waals surface area contributed by atoms with Crippen LogP contribution >= 0.6 is 36.6 Å². The average Bonchev–Trinajstić information content (AvgIpc) is 3.02. The number of amides is 1. The molecular formula is C14H27Cl2N3OS. The summed E-state index contributed by atoms with van der Waals surface area (Å²) in [5.74, 6) is 2.22. The van der Waals surface area contributed by atoms with Crippen LogP contribution in [0.2, 0.25) is 0 Å². The van der Waals surface area contributed by atoms with Crippen molar-refractivity contribution in [2.24, 2.45) is 0 Å². The number of nitrogens with one attached hydrogen (secondary N) is 1. The molecule has 124 valence electrons. The molecular weight excluding hydrogens is 329 g/mol.